The Hall–Kier alpha value is -1.55. The zero-order chi connectivity index (χ0) is 13.0. The van der Waals surface area contributed by atoms with Crippen LogP contribution in [0.4, 0.5) is 5.69 Å². The Morgan fingerprint density at radius 3 is 2.44 bits per heavy atom. The predicted molar refractivity (Wildman–Crippen MR) is 73.4 cm³/mol. The second kappa shape index (κ2) is 5.87. The minimum absolute atomic E-state index is 0.151. The number of nitrogen functional groups attached to an aromatic ring is 1. The van der Waals surface area contributed by atoms with Gasteiger partial charge in [-0.05, 0) is 43.5 Å². The molecule has 4 nitrogen and oxygen atoms in total. The Bertz CT molecular complexity index is 423. The van der Waals surface area contributed by atoms with Crippen LogP contribution in [0, 0.1) is 6.92 Å². The highest BCUT2D eigenvalue weighted by Gasteiger charge is 2.18. The number of carbonyl (C=O) groups is 1. The molecule has 1 aliphatic rings. The third kappa shape index (κ3) is 2.82. The average Bonchev–Trinajstić information content (AvgIpc) is 2.66. The van der Waals surface area contributed by atoms with E-state index in [2.05, 4.69) is 5.43 Å². The molecule has 3 N–H and O–H groups in total. The fourth-order valence-electron chi connectivity index (χ4n) is 2.44. The average molecular weight is 247 g/mol. The van der Waals surface area contributed by atoms with Gasteiger partial charge in [-0.15, -0.1) is 0 Å². The van der Waals surface area contributed by atoms with Crippen LogP contribution < -0.4 is 11.3 Å². The quantitative estimate of drug-likeness (QED) is 0.622. The molecule has 1 amide bonds. The van der Waals surface area contributed by atoms with Gasteiger partial charge < -0.3 is 10.3 Å². The van der Waals surface area contributed by atoms with Gasteiger partial charge in [-0.3, -0.25) is 10.6 Å². The Morgan fingerprint density at radius 2 is 1.89 bits per heavy atom. The second-order valence-electron chi connectivity index (χ2n) is 4.88. The van der Waals surface area contributed by atoms with Gasteiger partial charge in [0.1, 0.15) is 0 Å². The maximum atomic E-state index is 12.4. The summed E-state index contributed by atoms with van der Waals surface area (Å²) in [5.41, 5.74) is 5.19. The summed E-state index contributed by atoms with van der Waals surface area (Å²) in [5.74, 6) is 5.51. The van der Waals surface area contributed by atoms with Gasteiger partial charge in [0, 0.05) is 24.3 Å². The first-order chi connectivity index (χ1) is 8.72. The molecule has 1 saturated heterocycles. The monoisotopic (exact) mass is 247 g/mol. The van der Waals surface area contributed by atoms with Gasteiger partial charge >= 0.3 is 0 Å². The number of hydrazine groups is 1. The molecule has 0 bridgehead atoms. The maximum absolute atomic E-state index is 12.4. The number of nitrogens with zero attached hydrogens (tertiary/aromatic N) is 1. The predicted octanol–water partition coefficient (Wildman–Crippen LogP) is 2.30. The largest absolute Gasteiger partial charge is 0.339 e. The van der Waals surface area contributed by atoms with Crippen molar-refractivity contribution in [2.75, 3.05) is 18.5 Å². The van der Waals surface area contributed by atoms with Crippen molar-refractivity contribution in [3.05, 3.63) is 29.3 Å². The number of amides is 1. The summed E-state index contributed by atoms with van der Waals surface area (Å²) in [4.78, 5) is 14.4. The molecule has 0 radical (unpaired) electrons. The van der Waals surface area contributed by atoms with Crippen LogP contribution in [-0.4, -0.2) is 23.9 Å². The number of aryl methyl sites for hydroxylation is 1. The van der Waals surface area contributed by atoms with Crippen LogP contribution in [0.15, 0.2) is 18.2 Å². The van der Waals surface area contributed by atoms with E-state index in [9.17, 15) is 4.79 Å². The van der Waals surface area contributed by atoms with E-state index in [0.717, 1.165) is 42.7 Å². The number of likely N-dealkylation sites (tertiary alicyclic amines) is 1. The molecular weight excluding hydrogens is 226 g/mol. The number of hydrogen-bond acceptors (Lipinski definition) is 3. The van der Waals surface area contributed by atoms with Crippen LogP contribution >= 0.6 is 0 Å². The van der Waals surface area contributed by atoms with E-state index < -0.39 is 0 Å². The molecule has 0 aliphatic carbocycles. The molecule has 2 rings (SSSR count). The first-order valence-corrected chi connectivity index (χ1v) is 6.59. The van der Waals surface area contributed by atoms with Gasteiger partial charge in [-0.1, -0.05) is 12.8 Å². The normalized spacial score (nSPS) is 16.2. The van der Waals surface area contributed by atoms with Crippen molar-refractivity contribution in [2.45, 2.75) is 32.6 Å². The first-order valence-electron chi connectivity index (χ1n) is 6.59. The van der Waals surface area contributed by atoms with Gasteiger partial charge in [0.25, 0.3) is 5.91 Å². The van der Waals surface area contributed by atoms with E-state index in [4.69, 9.17) is 5.84 Å². The molecule has 1 aromatic rings. The molecule has 1 heterocycles. The van der Waals surface area contributed by atoms with Gasteiger partial charge in [0.2, 0.25) is 0 Å². The summed E-state index contributed by atoms with van der Waals surface area (Å²) in [6, 6.07) is 5.61. The van der Waals surface area contributed by atoms with Crippen molar-refractivity contribution in [1.29, 1.82) is 0 Å². The van der Waals surface area contributed by atoms with Gasteiger partial charge in [0.15, 0.2) is 0 Å². The number of rotatable bonds is 2. The SMILES string of the molecule is Cc1cc(NN)ccc1C(=O)N1CCCCCC1. The van der Waals surface area contributed by atoms with Crippen LogP contribution in [0.1, 0.15) is 41.6 Å². The first kappa shape index (κ1) is 12.9. The fourth-order valence-corrected chi connectivity index (χ4v) is 2.44. The van der Waals surface area contributed by atoms with E-state index in [1.807, 2.05) is 30.0 Å². The van der Waals surface area contributed by atoms with Crippen LogP contribution in [-0.2, 0) is 0 Å². The third-order valence-electron chi connectivity index (χ3n) is 3.52. The summed E-state index contributed by atoms with van der Waals surface area (Å²) in [7, 11) is 0. The van der Waals surface area contributed by atoms with E-state index in [0.29, 0.717) is 0 Å². The molecule has 0 atom stereocenters. The molecule has 0 aromatic heterocycles. The highest BCUT2D eigenvalue weighted by molar-refractivity contribution is 5.96. The van der Waals surface area contributed by atoms with Crippen molar-refractivity contribution in [3.63, 3.8) is 0 Å². The lowest BCUT2D eigenvalue weighted by atomic mass is 10.1. The zero-order valence-corrected chi connectivity index (χ0v) is 10.9. The highest BCUT2D eigenvalue weighted by Crippen LogP contribution is 2.18. The number of anilines is 1. The van der Waals surface area contributed by atoms with E-state index in [1.54, 1.807) is 0 Å². The summed E-state index contributed by atoms with van der Waals surface area (Å²) in [5, 5.41) is 0. The van der Waals surface area contributed by atoms with Gasteiger partial charge in [-0.2, -0.15) is 0 Å². The summed E-state index contributed by atoms with van der Waals surface area (Å²) < 4.78 is 0. The minimum atomic E-state index is 0.151. The minimum Gasteiger partial charge on any atom is -0.339 e. The summed E-state index contributed by atoms with van der Waals surface area (Å²) in [6.45, 7) is 3.72. The van der Waals surface area contributed by atoms with E-state index >= 15 is 0 Å². The van der Waals surface area contributed by atoms with Crippen LogP contribution in [0.3, 0.4) is 0 Å². The number of benzene rings is 1. The zero-order valence-electron chi connectivity index (χ0n) is 10.9. The Balaban J connectivity index is 2.16. The van der Waals surface area contributed by atoms with Crippen molar-refractivity contribution in [1.82, 2.24) is 4.90 Å². The van der Waals surface area contributed by atoms with E-state index in [1.165, 1.54) is 12.8 Å². The lowest BCUT2D eigenvalue weighted by Gasteiger charge is -2.21. The standard InChI is InChI=1S/C14H21N3O/c1-11-10-12(16-15)6-7-13(11)14(18)17-8-4-2-3-5-9-17/h6-7,10,16H,2-5,8-9,15H2,1H3. The summed E-state index contributed by atoms with van der Waals surface area (Å²) >= 11 is 0. The number of nitrogens with one attached hydrogen (secondary N) is 1. The number of nitrogens with two attached hydrogens (primary N) is 1. The molecule has 18 heavy (non-hydrogen) atoms. The molecule has 0 unspecified atom stereocenters. The summed E-state index contributed by atoms with van der Waals surface area (Å²) in [6.07, 6.45) is 4.71. The maximum Gasteiger partial charge on any atom is 0.254 e. The van der Waals surface area contributed by atoms with Crippen LogP contribution in [0.2, 0.25) is 0 Å². The Morgan fingerprint density at radius 1 is 1.22 bits per heavy atom. The molecule has 0 spiro atoms. The van der Waals surface area contributed by atoms with Crippen molar-refractivity contribution in [3.8, 4) is 0 Å². The molecule has 0 saturated carbocycles. The molecular formula is C14H21N3O. The Kier molecular flexibility index (Phi) is 4.20. The van der Waals surface area contributed by atoms with Crippen LogP contribution in [0.25, 0.3) is 0 Å². The molecule has 98 valence electrons. The number of hydrogen-bond donors (Lipinski definition) is 2. The molecule has 1 aromatic carbocycles. The molecule has 1 fully saturated rings. The topological polar surface area (TPSA) is 58.4 Å². The molecule has 1 aliphatic heterocycles. The number of carbonyl (C=O) groups excluding carboxylic acids is 1. The second-order valence-corrected chi connectivity index (χ2v) is 4.88. The smallest absolute Gasteiger partial charge is 0.254 e. The van der Waals surface area contributed by atoms with Crippen molar-refractivity contribution < 1.29 is 4.79 Å². The fraction of sp³-hybridized carbons (Fsp3) is 0.500. The highest BCUT2D eigenvalue weighted by atomic mass is 16.2. The molecule has 4 heteroatoms. The van der Waals surface area contributed by atoms with Gasteiger partial charge in [0.05, 0.1) is 0 Å². The van der Waals surface area contributed by atoms with Gasteiger partial charge in [-0.25, -0.2) is 0 Å². The lowest BCUT2D eigenvalue weighted by molar-refractivity contribution is 0.0761. The third-order valence-corrected chi connectivity index (χ3v) is 3.52. The van der Waals surface area contributed by atoms with Crippen molar-refractivity contribution >= 4 is 11.6 Å². The van der Waals surface area contributed by atoms with E-state index in [-0.39, 0.29) is 5.91 Å². The van der Waals surface area contributed by atoms with Crippen molar-refractivity contribution in [2.24, 2.45) is 5.84 Å². The lowest BCUT2D eigenvalue weighted by Crippen LogP contribution is -2.32. The Labute approximate surface area is 108 Å². The van der Waals surface area contributed by atoms with Crippen LogP contribution in [0.5, 0.6) is 0 Å².